The van der Waals surface area contributed by atoms with Gasteiger partial charge in [0, 0.05) is 19.3 Å². The Morgan fingerprint density at radius 1 is 0.350 bits per heavy atom. The molecule has 1 atom stereocenters. The van der Waals surface area contributed by atoms with Crippen molar-refractivity contribution < 1.29 is 28.6 Å². The number of hydrogen-bond acceptors (Lipinski definition) is 6. The summed E-state index contributed by atoms with van der Waals surface area (Å²) in [5.41, 5.74) is 0. The number of hydrogen-bond donors (Lipinski definition) is 0. The lowest BCUT2D eigenvalue weighted by Gasteiger charge is -2.18. The minimum Gasteiger partial charge on any atom is -0.462 e. The molecular formula is C54H90O6. The Hall–Kier alpha value is -3.41. The van der Waals surface area contributed by atoms with E-state index in [0.717, 1.165) is 109 Å². The van der Waals surface area contributed by atoms with E-state index < -0.39 is 6.10 Å². The van der Waals surface area contributed by atoms with Crippen molar-refractivity contribution in [3.8, 4) is 0 Å². The summed E-state index contributed by atoms with van der Waals surface area (Å²) in [7, 11) is 0. The zero-order chi connectivity index (χ0) is 43.7. The van der Waals surface area contributed by atoms with E-state index in [0.29, 0.717) is 19.3 Å². The number of esters is 3. The molecule has 0 bridgehead atoms. The second-order valence-electron chi connectivity index (χ2n) is 16.0. The Kier molecular flexibility index (Phi) is 45.5. The zero-order valence-electron chi connectivity index (χ0n) is 38.9. The Bertz CT molecular complexity index is 1190. The Balaban J connectivity index is 4.25. The number of carbonyl (C=O) groups is 3. The van der Waals surface area contributed by atoms with Crippen molar-refractivity contribution >= 4 is 17.9 Å². The van der Waals surface area contributed by atoms with Gasteiger partial charge in [-0.15, -0.1) is 0 Å². The first kappa shape index (κ1) is 56.6. The largest absolute Gasteiger partial charge is 0.462 e. The van der Waals surface area contributed by atoms with Gasteiger partial charge >= 0.3 is 17.9 Å². The molecule has 0 fully saturated rings. The summed E-state index contributed by atoms with van der Waals surface area (Å²) in [6.45, 7) is 6.41. The van der Waals surface area contributed by atoms with E-state index in [-0.39, 0.29) is 31.1 Å². The summed E-state index contributed by atoms with van der Waals surface area (Å²) in [5.74, 6) is -0.935. The topological polar surface area (TPSA) is 78.9 Å². The molecule has 0 rings (SSSR count). The van der Waals surface area contributed by atoms with Gasteiger partial charge in [0.25, 0.3) is 0 Å². The molecule has 6 heteroatoms. The highest BCUT2D eigenvalue weighted by atomic mass is 16.6. The van der Waals surface area contributed by atoms with Crippen molar-refractivity contribution in [3.05, 3.63) is 85.1 Å². The van der Waals surface area contributed by atoms with Crippen LogP contribution in [0.3, 0.4) is 0 Å². The monoisotopic (exact) mass is 835 g/mol. The van der Waals surface area contributed by atoms with Gasteiger partial charge in [-0.2, -0.15) is 0 Å². The molecule has 1 unspecified atom stereocenters. The molecule has 0 aromatic carbocycles. The second-order valence-corrected chi connectivity index (χ2v) is 16.0. The third-order valence-electron chi connectivity index (χ3n) is 10.2. The standard InChI is InChI=1S/C54H90O6/c1-4-7-10-13-16-18-20-21-22-23-24-25-26-27-28-29-30-31-32-33-35-36-38-41-44-47-53(56)59-50-51(49-58-52(55)46-43-40-15-12-9-6-3)60-54(57)48-45-42-39-37-34-19-17-14-11-8-5-2/h7,10,16,18,21-22,24-25,27-28,30-31,33,35,51H,4-6,8-9,11-15,17,19-20,23,26,29,32,34,36-50H2,1-3H3/b10-7-,18-16-,22-21-,25-24-,28-27-,31-30-,35-33-. The summed E-state index contributed by atoms with van der Waals surface area (Å²) < 4.78 is 16.6. The molecule has 0 radical (unpaired) electrons. The number of carbonyl (C=O) groups excluding carboxylic acids is 3. The lowest BCUT2D eigenvalue weighted by molar-refractivity contribution is -0.167. The quantitative estimate of drug-likeness (QED) is 0.0263. The summed E-state index contributed by atoms with van der Waals surface area (Å²) in [4.78, 5) is 37.6. The molecule has 0 spiro atoms. The predicted octanol–water partition coefficient (Wildman–Crippen LogP) is 16.0. The van der Waals surface area contributed by atoms with E-state index in [2.05, 4.69) is 106 Å². The number of unbranched alkanes of at least 4 members (excludes halogenated alkanes) is 18. The average Bonchev–Trinajstić information content (AvgIpc) is 3.24. The maximum absolute atomic E-state index is 12.7. The van der Waals surface area contributed by atoms with Crippen LogP contribution in [0.5, 0.6) is 0 Å². The van der Waals surface area contributed by atoms with E-state index in [1.807, 2.05) is 0 Å². The number of rotatable bonds is 43. The second kappa shape index (κ2) is 48.3. The lowest BCUT2D eigenvalue weighted by atomic mass is 10.1. The van der Waals surface area contributed by atoms with Crippen molar-refractivity contribution in [2.45, 2.75) is 226 Å². The summed E-state index contributed by atoms with van der Waals surface area (Å²) in [6, 6.07) is 0. The van der Waals surface area contributed by atoms with Crippen LogP contribution in [0.15, 0.2) is 85.1 Å². The van der Waals surface area contributed by atoms with Crippen LogP contribution >= 0.6 is 0 Å². The minimum absolute atomic E-state index is 0.0865. The highest BCUT2D eigenvalue weighted by Gasteiger charge is 2.19. The minimum atomic E-state index is -0.783. The Morgan fingerprint density at radius 2 is 0.650 bits per heavy atom. The maximum atomic E-state index is 12.7. The first-order valence-corrected chi connectivity index (χ1v) is 24.6. The highest BCUT2D eigenvalue weighted by Crippen LogP contribution is 2.14. The first-order chi connectivity index (χ1) is 29.5. The van der Waals surface area contributed by atoms with Crippen LogP contribution in [-0.2, 0) is 28.6 Å². The van der Waals surface area contributed by atoms with E-state index >= 15 is 0 Å². The van der Waals surface area contributed by atoms with Gasteiger partial charge < -0.3 is 14.2 Å². The summed E-state index contributed by atoms with van der Waals surface area (Å²) in [5, 5.41) is 0. The van der Waals surface area contributed by atoms with Crippen molar-refractivity contribution in [1.29, 1.82) is 0 Å². The summed E-state index contributed by atoms with van der Waals surface area (Å²) >= 11 is 0. The smallest absolute Gasteiger partial charge is 0.306 e. The SMILES string of the molecule is CC/C=C\C/C=C\C/C=C\C/C=C\C/C=C\C/C=C\C/C=C\CCCCCC(=O)OCC(COC(=O)CCCCCCCC)OC(=O)CCCCCCCCCCCCC. The fourth-order valence-electron chi connectivity index (χ4n) is 6.48. The van der Waals surface area contributed by atoms with E-state index in [9.17, 15) is 14.4 Å². The molecule has 0 saturated carbocycles. The van der Waals surface area contributed by atoms with Crippen LogP contribution in [0.2, 0.25) is 0 Å². The van der Waals surface area contributed by atoms with Crippen molar-refractivity contribution in [2.24, 2.45) is 0 Å². The van der Waals surface area contributed by atoms with E-state index in [1.165, 1.54) is 70.6 Å². The van der Waals surface area contributed by atoms with Gasteiger partial charge in [0.15, 0.2) is 6.10 Å². The van der Waals surface area contributed by atoms with Crippen molar-refractivity contribution in [3.63, 3.8) is 0 Å². The average molecular weight is 835 g/mol. The molecule has 0 N–H and O–H groups in total. The fourth-order valence-corrected chi connectivity index (χ4v) is 6.48. The molecule has 342 valence electrons. The van der Waals surface area contributed by atoms with Crippen LogP contribution in [0.1, 0.15) is 220 Å². The van der Waals surface area contributed by atoms with Crippen molar-refractivity contribution in [1.82, 2.24) is 0 Å². The van der Waals surface area contributed by atoms with Gasteiger partial charge in [-0.05, 0) is 77.0 Å². The van der Waals surface area contributed by atoms with E-state index in [1.54, 1.807) is 0 Å². The summed E-state index contributed by atoms with van der Waals surface area (Å²) in [6.07, 6.45) is 61.6. The van der Waals surface area contributed by atoms with Gasteiger partial charge in [0.05, 0.1) is 0 Å². The fraction of sp³-hybridized carbons (Fsp3) is 0.685. The number of ether oxygens (including phenoxy) is 3. The van der Waals surface area contributed by atoms with Crippen LogP contribution < -0.4 is 0 Å². The predicted molar refractivity (Wildman–Crippen MR) is 256 cm³/mol. The molecule has 0 aromatic rings. The molecule has 0 aliphatic rings. The van der Waals surface area contributed by atoms with Crippen LogP contribution in [-0.4, -0.2) is 37.2 Å². The van der Waals surface area contributed by atoms with Crippen LogP contribution in [0, 0.1) is 0 Å². The van der Waals surface area contributed by atoms with Gasteiger partial charge in [-0.3, -0.25) is 14.4 Å². The van der Waals surface area contributed by atoms with Gasteiger partial charge in [0.1, 0.15) is 13.2 Å². The molecule has 0 aromatic heterocycles. The van der Waals surface area contributed by atoms with Gasteiger partial charge in [-0.25, -0.2) is 0 Å². The normalized spacial score (nSPS) is 12.8. The first-order valence-electron chi connectivity index (χ1n) is 24.6. The molecule has 6 nitrogen and oxygen atoms in total. The molecule has 0 aliphatic heterocycles. The molecular weight excluding hydrogens is 745 g/mol. The maximum Gasteiger partial charge on any atom is 0.306 e. The van der Waals surface area contributed by atoms with Gasteiger partial charge in [0.2, 0.25) is 0 Å². The Labute approximate surface area is 369 Å². The van der Waals surface area contributed by atoms with Crippen LogP contribution in [0.4, 0.5) is 0 Å². The Morgan fingerprint density at radius 3 is 1.02 bits per heavy atom. The molecule has 0 aliphatic carbocycles. The zero-order valence-corrected chi connectivity index (χ0v) is 38.9. The van der Waals surface area contributed by atoms with Crippen LogP contribution in [0.25, 0.3) is 0 Å². The molecule has 0 saturated heterocycles. The molecule has 0 amide bonds. The third kappa shape index (κ3) is 45.7. The lowest BCUT2D eigenvalue weighted by Crippen LogP contribution is -2.30. The highest BCUT2D eigenvalue weighted by molar-refractivity contribution is 5.71. The molecule has 60 heavy (non-hydrogen) atoms. The molecule has 0 heterocycles. The van der Waals surface area contributed by atoms with Crippen molar-refractivity contribution in [2.75, 3.05) is 13.2 Å². The third-order valence-corrected chi connectivity index (χ3v) is 10.2. The number of allylic oxidation sites excluding steroid dienone is 14. The van der Waals surface area contributed by atoms with Gasteiger partial charge in [-0.1, -0.05) is 209 Å². The van der Waals surface area contributed by atoms with E-state index in [4.69, 9.17) is 14.2 Å².